The van der Waals surface area contributed by atoms with E-state index < -0.39 is 6.61 Å². The van der Waals surface area contributed by atoms with Crippen molar-refractivity contribution in [3.05, 3.63) is 65.2 Å². The van der Waals surface area contributed by atoms with Crippen LogP contribution in [0.1, 0.15) is 29.5 Å². The highest BCUT2D eigenvalue weighted by molar-refractivity contribution is 5.79. The van der Waals surface area contributed by atoms with Crippen molar-refractivity contribution in [3.63, 3.8) is 0 Å². The molecule has 0 aliphatic carbocycles. The Kier molecular flexibility index (Phi) is 7.63. The molecule has 162 valence electrons. The normalized spacial score (nSPS) is 16.4. The third-order valence-electron chi connectivity index (χ3n) is 5.62. The molecule has 0 atom stereocenters. The van der Waals surface area contributed by atoms with Crippen LogP contribution in [0.5, 0.6) is 5.75 Å². The molecule has 0 spiro atoms. The van der Waals surface area contributed by atoms with Crippen molar-refractivity contribution >= 4 is 5.96 Å². The maximum absolute atomic E-state index is 12.6. The zero-order valence-corrected chi connectivity index (χ0v) is 17.5. The summed E-state index contributed by atoms with van der Waals surface area (Å²) < 4.78 is 35.5. The molecule has 2 aromatic rings. The van der Waals surface area contributed by atoms with E-state index in [1.165, 1.54) is 17.2 Å². The Morgan fingerprint density at radius 1 is 1.10 bits per heavy atom. The second-order valence-corrected chi connectivity index (χ2v) is 7.47. The Morgan fingerprint density at radius 3 is 2.50 bits per heavy atom. The number of rotatable bonds is 7. The molecule has 2 N–H and O–H groups in total. The third kappa shape index (κ3) is 5.48. The van der Waals surface area contributed by atoms with Crippen LogP contribution in [0.2, 0.25) is 0 Å². The first-order chi connectivity index (χ1) is 14.5. The molecule has 3 rings (SSSR count). The van der Waals surface area contributed by atoms with Gasteiger partial charge in [-0.05, 0) is 37.0 Å². The largest absolute Gasteiger partial charge is 0.434 e. The van der Waals surface area contributed by atoms with Crippen LogP contribution in [0, 0.1) is 6.92 Å². The number of guanidine groups is 1. The summed E-state index contributed by atoms with van der Waals surface area (Å²) in [5, 5.41) is 6.64. The lowest BCUT2D eigenvalue weighted by molar-refractivity contribution is -0.0504. The lowest BCUT2D eigenvalue weighted by atomic mass is 9.72. The molecule has 1 aliphatic rings. The molecule has 0 saturated carbocycles. The molecule has 1 fully saturated rings. The summed E-state index contributed by atoms with van der Waals surface area (Å²) in [6, 6.07) is 15.2. The Morgan fingerprint density at radius 2 is 1.80 bits per heavy atom. The van der Waals surface area contributed by atoms with Crippen molar-refractivity contribution in [2.24, 2.45) is 4.99 Å². The quantitative estimate of drug-likeness (QED) is 0.528. The fourth-order valence-corrected chi connectivity index (χ4v) is 3.98. The molecular weight excluding hydrogens is 388 g/mol. The summed E-state index contributed by atoms with van der Waals surface area (Å²) >= 11 is 0. The van der Waals surface area contributed by atoms with E-state index in [-0.39, 0.29) is 11.2 Å². The Hall–Kier alpha value is -2.67. The number of aryl methyl sites for hydroxylation is 1. The number of hydrogen-bond acceptors (Lipinski definition) is 3. The summed E-state index contributed by atoms with van der Waals surface area (Å²) in [7, 11) is 1.70. The van der Waals surface area contributed by atoms with Gasteiger partial charge in [-0.2, -0.15) is 8.78 Å². The van der Waals surface area contributed by atoms with Gasteiger partial charge in [0.1, 0.15) is 5.75 Å². The van der Waals surface area contributed by atoms with Crippen molar-refractivity contribution in [2.45, 2.75) is 38.3 Å². The van der Waals surface area contributed by atoms with Gasteiger partial charge in [0.25, 0.3) is 0 Å². The molecule has 1 aliphatic heterocycles. The molecule has 0 aromatic heterocycles. The van der Waals surface area contributed by atoms with E-state index in [1.807, 2.05) is 0 Å². The zero-order chi connectivity index (χ0) is 21.4. The number of hydrogen-bond donors (Lipinski definition) is 2. The second-order valence-electron chi connectivity index (χ2n) is 7.47. The number of ether oxygens (including phenoxy) is 2. The van der Waals surface area contributed by atoms with Crippen LogP contribution in [0.4, 0.5) is 8.78 Å². The van der Waals surface area contributed by atoms with Gasteiger partial charge in [0.2, 0.25) is 0 Å². The van der Waals surface area contributed by atoms with Crippen LogP contribution < -0.4 is 15.4 Å². The first-order valence-electron chi connectivity index (χ1n) is 10.2. The number of para-hydroxylation sites is 1. The van der Waals surface area contributed by atoms with E-state index in [2.05, 4.69) is 51.6 Å². The van der Waals surface area contributed by atoms with E-state index in [0.29, 0.717) is 24.6 Å². The highest BCUT2D eigenvalue weighted by Gasteiger charge is 2.35. The van der Waals surface area contributed by atoms with Crippen LogP contribution >= 0.6 is 0 Å². The fraction of sp³-hybridized carbons (Fsp3) is 0.435. The highest BCUT2D eigenvalue weighted by Crippen LogP contribution is 2.36. The monoisotopic (exact) mass is 417 g/mol. The maximum Gasteiger partial charge on any atom is 0.387 e. The van der Waals surface area contributed by atoms with Gasteiger partial charge in [0, 0.05) is 44.3 Å². The third-order valence-corrected chi connectivity index (χ3v) is 5.62. The minimum atomic E-state index is -2.86. The molecular formula is C23H29F2N3O2. The van der Waals surface area contributed by atoms with Crippen LogP contribution in [0.25, 0.3) is 0 Å². The van der Waals surface area contributed by atoms with Crippen molar-refractivity contribution < 1.29 is 18.3 Å². The number of benzene rings is 2. The molecule has 7 heteroatoms. The highest BCUT2D eigenvalue weighted by atomic mass is 19.3. The van der Waals surface area contributed by atoms with E-state index in [9.17, 15) is 8.78 Å². The molecule has 5 nitrogen and oxygen atoms in total. The van der Waals surface area contributed by atoms with Crippen molar-refractivity contribution in [3.8, 4) is 5.75 Å². The molecule has 2 aromatic carbocycles. The zero-order valence-electron chi connectivity index (χ0n) is 17.5. The molecule has 30 heavy (non-hydrogen) atoms. The van der Waals surface area contributed by atoms with Gasteiger partial charge in [-0.15, -0.1) is 0 Å². The van der Waals surface area contributed by atoms with Gasteiger partial charge in [0.05, 0.1) is 0 Å². The minimum Gasteiger partial charge on any atom is -0.434 e. The molecule has 1 saturated heterocycles. The number of aliphatic imine (C=N–C) groups is 1. The van der Waals surface area contributed by atoms with E-state index in [1.54, 1.807) is 25.2 Å². The second kappa shape index (κ2) is 10.4. The SMILES string of the molecule is CN=C(NCc1ccccc1OC(F)F)NCC1(c2ccccc2C)CCOCC1. The summed E-state index contributed by atoms with van der Waals surface area (Å²) in [6.07, 6.45) is 1.85. The molecule has 0 radical (unpaired) electrons. The van der Waals surface area contributed by atoms with Gasteiger partial charge in [0.15, 0.2) is 5.96 Å². The van der Waals surface area contributed by atoms with Gasteiger partial charge >= 0.3 is 6.61 Å². The molecule has 0 bridgehead atoms. The predicted molar refractivity (Wildman–Crippen MR) is 114 cm³/mol. The Balaban J connectivity index is 1.68. The van der Waals surface area contributed by atoms with Crippen LogP contribution in [-0.4, -0.2) is 39.4 Å². The number of alkyl halides is 2. The Bertz CT molecular complexity index is 852. The average Bonchev–Trinajstić information content (AvgIpc) is 2.75. The van der Waals surface area contributed by atoms with Crippen LogP contribution in [0.15, 0.2) is 53.5 Å². The number of nitrogens with zero attached hydrogens (tertiary/aromatic N) is 1. The topological polar surface area (TPSA) is 54.9 Å². The first-order valence-corrected chi connectivity index (χ1v) is 10.2. The van der Waals surface area contributed by atoms with Crippen molar-refractivity contribution in [1.82, 2.24) is 10.6 Å². The standard InChI is InChI=1S/C23H29F2N3O2/c1-17-7-3-5-9-19(17)23(11-13-29-14-12-23)16-28-22(26-2)27-15-18-8-4-6-10-20(18)30-21(24)25/h3-10,21H,11-16H2,1-2H3,(H2,26,27,28). The van der Waals surface area contributed by atoms with E-state index in [4.69, 9.17) is 4.74 Å². The lowest BCUT2D eigenvalue weighted by Gasteiger charge is -2.39. The van der Waals surface area contributed by atoms with Crippen molar-refractivity contribution in [1.29, 1.82) is 0 Å². The predicted octanol–water partition coefficient (Wildman–Crippen LogP) is 4.01. The van der Waals surface area contributed by atoms with Gasteiger partial charge in [-0.1, -0.05) is 42.5 Å². The molecule has 0 amide bonds. The maximum atomic E-state index is 12.6. The fourth-order valence-electron chi connectivity index (χ4n) is 3.98. The smallest absolute Gasteiger partial charge is 0.387 e. The van der Waals surface area contributed by atoms with Gasteiger partial charge < -0.3 is 20.1 Å². The summed E-state index contributed by atoms with van der Waals surface area (Å²) in [5.74, 6) is 0.776. The van der Waals surface area contributed by atoms with Crippen LogP contribution in [-0.2, 0) is 16.7 Å². The number of nitrogens with one attached hydrogen (secondary N) is 2. The summed E-state index contributed by atoms with van der Waals surface area (Å²) in [4.78, 5) is 4.30. The number of halogens is 2. The molecule has 0 unspecified atom stereocenters. The van der Waals surface area contributed by atoms with Crippen molar-refractivity contribution in [2.75, 3.05) is 26.8 Å². The summed E-state index contributed by atoms with van der Waals surface area (Å²) in [6.45, 7) is 1.76. The van der Waals surface area contributed by atoms with E-state index in [0.717, 1.165) is 26.1 Å². The minimum absolute atomic E-state index is 0.0437. The average molecular weight is 418 g/mol. The van der Waals surface area contributed by atoms with Gasteiger partial charge in [-0.25, -0.2) is 0 Å². The Labute approximate surface area is 176 Å². The van der Waals surface area contributed by atoms with E-state index >= 15 is 0 Å². The molecule has 1 heterocycles. The summed E-state index contributed by atoms with van der Waals surface area (Å²) in [5.41, 5.74) is 3.19. The van der Waals surface area contributed by atoms with Crippen LogP contribution in [0.3, 0.4) is 0 Å². The van der Waals surface area contributed by atoms with Gasteiger partial charge in [-0.3, -0.25) is 4.99 Å². The first kappa shape index (κ1) is 22.0. The lowest BCUT2D eigenvalue weighted by Crippen LogP contribution is -2.48.